The number of carboxylic acid groups (broad SMARTS) is 1. The maximum atomic E-state index is 13.1. The molecule has 0 spiro atoms. The monoisotopic (exact) mass is 432 g/mol. The molecule has 1 fully saturated rings. The van der Waals surface area contributed by atoms with Crippen molar-refractivity contribution < 1.29 is 24.3 Å². The molecule has 1 aliphatic rings. The molecule has 5 N–H and O–H groups in total. The largest absolute Gasteiger partial charge is 0.480 e. The second kappa shape index (κ2) is 11.5. The molecule has 1 aromatic rings. The molecule has 31 heavy (non-hydrogen) atoms. The van der Waals surface area contributed by atoms with Crippen LogP contribution in [0.15, 0.2) is 30.3 Å². The molecule has 0 aliphatic carbocycles. The van der Waals surface area contributed by atoms with Gasteiger partial charge in [0.05, 0.1) is 6.54 Å². The van der Waals surface area contributed by atoms with Gasteiger partial charge in [0, 0.05) is 13.0 Å². The smallest absolute Gasteiger partial charge is 0.326 e. The third-order valence-corrected chi connectivity index (χ3v) is 5.26. The first kappa shape index (κ1) is 24.3. The standard InChI is InChI=1S/C22H32N4O5/c1-14(2)11-16(24-19(27)13-23)21(29)26-10-6-9-18(26)20(28)25-17(22(30)31)12-15-7-4-3-5-8-15/h3-5,7-8,14,16-18H,6,9-13,23H2,1-2H3,(H,24,27)(H,25,28)(H,30,31). The van der Waals surface area contributed by atoms with E-state index >= 15 is 0 Å². The first-order valence-corrected chi connectivity index (χ1v) is 10.6. The summed E-state index contributed by atoms with van der Waals surface area (Å²) in [7, 11) is 0. The Bertz CT molecular complexity index is 783. The van der Waals surface area contributed by atoms with E-state index in [4.69, 9.17) is 5.73 Å². The highest BCUT2D eigenvalue weighted by molar-refractivity contribution is 5.94. The molecule has 3 atom stereocenters. The Kier molecular flexibility index (Phi) is 8.99. The number of likely N-dealkylation sites (tertiary alicyclic amines) is 1. The maximum Gasteiger partial charge on any atom is 0.326 e. The number of nitrogens with two attached hydrogens (primary N) is 1. The molecule has 1 aromatic carbocycles. The molecule has 1 heterocycles. The Morgan fingerprint density at radius 2 is 1.81 bits per heavy atom. The molecule has 3 amide bonds. The predicted octanol–water partition coefficient (Wildman–Crippen LogP) is 0.279. The first-order chi connectivity index (χ1) is 14.7. The number of carboxylic acids is 1. The van der Waals surface area contributed by atoms with E-state index in [1.807, 2.05) is 19.9 Å². The van der Waals surface area contributed by atoms with Crippen molar-refractivity contribution in [3.63, 3.8) is 0 Å². The number of nitrogens with zero attached hydrogens (tertiary/aromatic N) is 1. The highest BCUT2D eigenvalue weighted by Gasteiger charge is 2.38. The number of hydrogen-bond acceptors (Lipinski definition) is 5. The highest BCUT2D eigenvalue weighted by Crippen LogP contribution is 2.21. The lowest BCUT2D eigenvalue weighted by atomic mass is 10.0. The number of carbonyl (C=O) groups is 4. The fraction of sp³-hybridized carbons (Fsp3) is 0.545. The van der Waals surface area contributed by atoms with Crippen LogP contribution in [0, 0.1) is 5.92 Å². The van der Waals surface area contributed by atoms with Crippen molar-refractivity contribution >= 4 is 23.7 Å². The summed E-state index contributed by atoms with van der Waals surface area (Å²) in [6, 6.07) is 6.38. The van der Waals surface area contributed by atoms with E-state index in [2.05, 4.69) is 10.6 Å². The summed E-state index contributed by atoms with van der Waals surface area (Å²) in [5, 5.41) is 14.8. The van der Waals surface area contributed by atoms with E-state index < -0.39 is 35.9 Å². The summed E-state index contributed by atoms with van der Waals surface area (Å²) < 4.78 is 0. The molecule has 0 radical (unpaired) electrons. The molecule has 9 heteroatoms. The highest BCUT2D eigenvalue weighted by atomic mass is 16.4. The van der Waals surface area contributed by atoms with Gasteiger partial charge in [0.1, 0.15) is 18.1 Å². The SMILES string of the molecule is CC(C)CC(NC(=O)CN)C(=O)N1CCCC1C(=O)NC(Cc1ccccc1)C(=O)O. The molecule has 9 nitrogen and oxygen atoms in total. The average molecular weight is 433 g/mol. The van der Waals surface area contributed by atoms with Crippen LogP contribution in [0.1, 0.15) is 38.7 Å². The fourth-order valence-electron chi connectivity index (χ4n) is 3.77. The van der Waals surface area contributed by atoms with Crippen molar-refractivity contribution in [2.75, 3.05) is 13.1 Å². The van der Waals surface area contributed by atoms with Crippen molar-refractivity contribution in [3.05, 3.63) is 35.9 Å². The molecular weight excluding hydrogens is 400 g/mol. The van der Waals surface area contributed by atoms with E-state index in [1.165, 1.54) is 4.90 Å². The van der Waals surface area contributed by atoms with E-state index in [1.54, 1.807) is 24.3 Å². The minimum Gasteiger partial charge on any atom is -0.480 e. The summed E-state index contributed by atoms with van der Waals surface area (Å²) in [4.78, 5) is 51.0. The van der Waals surface area contributed by atoms with E-state index in [0.29, 0.717) is 25.8 Å². The van der Waals surface area contributed by atoms with E-state index in [0.717, 1.165) is 5.56 Å². The molecule has 170 valence electrons. The van der Waals surface area contributed by atoms with Crippen molar-refractivity contribution in [2.45, 2.75) is 57.7 Å². The lowest BCUT2D eigenvalue weighted by molar-refractivity contribution is -0.145. The molecule has 0 aromatic heterocycles. The van der Waals surface area contributed by atoms with Crippen LogP contribution in [0.5, 0.6) is 0 Å². The van der Waals surface area contributed by atoms with Crippen molar-refractivity contribution in [2.24, 2.45) is 11.7 Å². The van der Waals surface area contributed by atoms with Gasteiger partial charge < -0.3 is 26.4 Å². The van der Waals surface area contributed by atoms with Crippen LogP contribution >= 0.6 is 0 Å². The van der Waals surface area contributed by atoms with Gasteiger partial charge in [-0.3, -0.25) is 14.4 Å². The summed E-state index contributed by atoms with van der Waals surface area (Å²) >= 11 is 0. The van der Waals surface area contributed by atoms with E-state index in [-0.39, 0.29) is 24.8 Å². The van der Waals surface area contributed by atoms with E-state index in [9.17, 15) is 24.3 Å². The lowest BCUT2D eigenvalue weighted by Gasteiger charge is -2.30. The Morgan fingerprint density at radius 3 is 2.39 bits per heavy atom. The molecule has 0 saturated carbocycles. The number of amides is 3. The second-order valence-corrected chi connectivity index (χ2v) is 8.23. The van der Waals surface area contributed by atoms with Crippen molar-refractivity contribution in [1.82, 2.24) is 15.5 Å². The van der Waals surface area contributed by atoms with Crippen LogP contribution in [0.2, 0.25) is 0 Å². The van der Waals surface area contributed by atoms with Gasteiger partial charge >= 0.3 is 5.97 Å². The van der Waals surface area contributed by atoms with Crippen LogP contribution < -0.4 is 16.4 Å². The number of carbonyl (C=O) groups excluding carboxylic acids is 3. The molecule has 2 rings (SSSR count). The fourth-order valence-corrected chi connectivity index (χ4v) is 3.77. The Hall–Kier alpha value is -2.94. The Labute approximate surface area is 182 Å². The molecular formula is C22H32N4O5. The number of aliphatic carboxylic acids is 1. The first-order valence-electron chi connectivity index (χ1n) is 10.6. The molecule has 1 saturated heterocycles. The predicted molar refractivity (Wildman–Crippen MR) is 115 cm³/mol. The van der Waals surface area contributed by atoms with Crippen molar-refractivity contribution in [1.29, 1.82) is 0 Å². The van der Waals surface area contributed by atoms with Gasteiger partial charge in [0.15, 0.2) is 0 Å². The molecule has 1 aliphatic heterocycles. The number of nitrogens with one attached hydrogen (secondary N) is 2. The summed E-state index contributed by atoms with van der Waals surface area (Å²) in [6.07, 6.45) is 1.63. The van der Waals surface area contributed by atoms with Gasteiger partial charge in [0.25, 0.3) is 0 Å². The minimum absolute atomic E-state index is 0.143. The zero-order valence-electron chi connectivity index (χ0n) is 18.0. The lowest BCUT2D eigenvalue weighted by Crippen LogP contribution is -2.56. The summed E-state index contributed by atoms with van der Waals surface area (Å²) in [6.45, 7) is 4.01. The Morgan fingerprint density at radius 1 is 1.13 bits per heavy atom. The van der Waals surface area contributed by atoms with Gasteiger partial charge in [-0.2, -0.15) is 0 Å². The van der Waals surface area contributed by atoms with Gasteiger partial charge in [-0.1, -0.05) is 44.2 Å². The van der Waals surface area contributed by atoms with Crippen LogP contribution in [0.4, 0.5) is 0 Å². The zero-order valence-corrected chi connectivity index (χ0v) is 18.0. The quantitative estimate of drug-likeness (QED) is 0.418. The average Bonchev–Trinajstić information content (AvgIpc) is 3.22. The van der Waals surface area contributed by atoms with Crippen LogP contribution in [-0.4, -0.2) is 64.9 Å². The summed E-state index contributed by atoms with van der Waals surface area (Å²) in [5.74, 6) is -2.27. The number of benzene rings is 1. The minimum atomic E-state index is -1.14. The zero-order chi connectivity index (χ0) is 23.0. The molecule has 3 unspecified atom stereocenters. The van der Waals surface area contributed by atoms with Gasteiger partial charge in [-0.15, -0.1) is 0 Å². The van der Waals surface area contributed by atoms with Crippen molar-refractivity contribution in [3.8, 4) is 0 Å². The molecule has 0 bridgehead atoms. The normalized spacial score (nSPS) is 17.8. The van der Waals surface area contributed by atoms with Gasteiger partial charge in [-0.25, -0.2) is 4.79 Å². The number of hydrogen-bond donors (Lipinski definition) is 4. The summed E-state index contributed by atoms with van der Waals surface area (Å²) in [5.41, 5.74) is 6.16. The van der Waals surface area contributed by atoms with Gasteiger partial charge in [-0.05, 0) is 30.7 Å². The number of rotatable bonds is 10. The third-order valence-electron chi connectivity index (χ3n) is 5.26. The maximum absolute atomic E-state index is 13.1. The van der Waals surface area contributed by atoms with Crippen LogP contribution in [0.25, 0.3) is 0 Å². The third kappa shape index (κ3) is 7.06. The second-order valence-electron chi connectivity index (χ2n) is 8.23. The van der Waals surface area contributed by atoms with Crippen LogP contribution in [-0.2, 0) is 25.6 Å². The van der Waals surface area contributed by atoms with Gasteiger partial charge in [0.2, 0.25) is 17.7 Å². The topological polar surface area (TPSA) is 142 Å². The Balaban J connectivity index is 2.10. The van der Waals surface area contributed by atoms with Crippen LogP contribution in [0.3, 0.4) is 0 Å².